The molecule has 0 aliphatic rings. The molecule has 0 saturated heterocycles. The molecule has 3 N–H and O–H groups in total. The van der Waals surface area contributed by atoms with Crippen molar-refractivity contribution in [3.05, 3.63) is 28.0 Å². The number of aromatic nitrogens is 1. The van der Waals surface area contributed by atoms with Crippen molar-refractivity contribution >= 4 is 21.9 Å². The Hall–Kier alpha value is -0.940. The summed E-state index contributed by atoms with van der Waals surface area (Å²) in [6, 6.07) is 1.48. The highest BCUT2D eigenvalue weighted by molar-refractivity contribution is 9.10. The van der Waals surface area contributed by atoms with Gasteiger partial charge in [-0.1, -0.05) is 0 Å². The molecule has 64 valence electrons. The number of carbonyl (C=O) groups is 1. The van der Waals surface area contributed by atoms with Crippen LogP contribution in [0.2, 0.25) is 0 Å². The lowest BCUT2D eigenvalue weighted by molar-refractivity contribution is 0.0695. The summed E-state index contributed by atoms with van der Waals surface area (Å²) in [4.78, 5) is 14.5. The van der Waals surface area contributed by atoms with Gasteiger partial charge in [-0.3, -0.25) is 4.98 Å². The third kappa shape index (κ3) is 1.80. The number of nitrogens with zero attached hydrogens (tertiary/aromatic N) is 1. The Bertz CT molecular complexity index is 314. The maximum absolute atomic E-state index is 10.6. The fourth-order valence-corrected chi connectivity index (χ4v) is 1.15. The average Bonchev–Trinajstić information content (AvgIpc) is 2.04. The fraction of sp³-hybridized carbons (Fsp3) is 0.143. The van der Waals surface area contributed by atoms with Crippen LogP contribution < -0.4 is 5.73 Å². The second-order valence-electron chi connectivity index (χ2n) is 2.16. The van der Waals surface area contributed by atoms with Gasteiger partial charge in [0, 0.05) is 17.2 Å². The molecule has 1 heterocycles. The topological polar surface area (TPSA) is 76.2 Å². The Balaban J connectivity index is 3.21. The smallest absolute Gasteiger partial charge is 0.337 e. The summed E-state index contributed by atoms with van der Waals surface area (Å²) >= 11 is 3.13. The van der Waals surface area contributed by atoms with Gasteiger partial charge >= 0.3 is 5.97 Å². The first-order valence-corrected chi connectivity index (χ1v) is 4.02. The van der Waals surface area contributed by atoms with Crippen molar-refractivity contribution < 1.29 is 9.90 Å². The summed E-state index contributed by atoms with van der Waals surface area (Å²) in [5, 5.41) is 8.70. The number of aromatic carboxylic acids is 1. The lowest BCUT2D eigenvalue weighted by Gasteiger charge is -2.01. The number of carboxylic acid groups (broad SMARTS) is 1. The van der Waals surface area contributed by atoms with Gasteiger partial charge in [0.2, 0.25) is 0 Å². The van der Waals surface area contributed by atoms with Gasteiger partial charge in [0.05, 0.1) is 11.3 Å². The Morgan fingerprint density at radius 3 is 2.92 bits per heavy atom. The first-order valence-electron chi connectivity index (χ1n) is 3.23. The summed E-state index contributed by atoms with van der Waals surface area (Å²) in [5.41, 5.74) is 5.84. The van der Waals surface area contributed by atoms with Gasteiger partial charge in [-0.15, -0.1) is 0 Å². The quantitative estimate of drug-likeness (QED) is 0.795. The van der Waals surface area contributed by atoms with Crippen molar-refractivity contribution in [2.45, 2.75) is 6.54 Å². The van der Waals surface area contributed by atoms with Crippen molar-refractivity contribution in [1.82, 2.24) is 4.98 Å². The molecule has 0 radical (unpaired) electrons. The predicted octanol–water partition coefficient (Wildman–Crippen LogP) is 1.00. The molecule has 1 rings (SSSR count). The molecule has 0 aliphatic carbocycles. The van der Waals surface area contributed by atoms with Gasteiger partial charge in [-0.25, -0.2) is 4.79 Å². The van der Waals surface area contributed by atoms with E-state index in [0.29, 0.717) is 10.2 Å². The molecule has 0 aromatic carbocycles. The number of rotatable bonds is 2. The molecule has 0 bridgehead atoms. The second-order valence-corrected chi connectivity index (χ2v) is 3.07. The minimum atomic E-state index is -1.01. The minimum Gasteiger partial charge on any atom is -0.478 e. The molecule has 5 heteroatoms. The van der Waals surface area contributed by atoms with Crippen LogP contribution in [0.5, 0.6) is 0 Å². The standard InChI is InChI=1S/C7H7BrN2O2/c8-4-1-5(7(11)12)6(2-9)10-3-4/h1,3H,2,9H2,(H,11,12). The molecule has 0 amide bonds. The normalized spacial score (nSPS) is 9.83. The van der Waals surface area contributed by atoms with Crippen LogP contribution in [0.25, 0.3) is 0 Å². The van der Waals surface area contributed by atoms with Gasteiger partial charge < -0.3 is 10.8 Å². The molecule has 0 fully saturated rings. The van der Waals surface area contributed by atoms with Gasteiger partial charge in [-0.05, 0) is 22.0 Å². The summed E-state index contributed by atoms with van der Waals surface area (Å²) in [6.07, 6.45) is 1.52. The van der Waals surface area contributed by atoms with Crippen LogP contribution in [-0.2, 0) is 6.54 Å². The van der Waals surface area contributed by atoms with Crippen LogP contribution >= 0.6 is 15.9 Å². The molecule has 0 unspecified atom stereocenters. The molecule has 4 nitrogen and oxygen atoms in total. The molecule has 0 spiro atoms. The fourth-order valence-electron chi connectivity index (χ4n) is 0.815. The molecular formula is C7H7BrN2O2. The second kappa shape index (κ2) is 3.64. The lowest BCUT2D eigenvalue weighted by Crippen LogP contribution is -2.08. The molecule has 12 heavy (non-hydrogen) atoms. The van der Waals surface area contributed by atoms with Crippen molar-refractivity contribution in [2.24, 2.45) is 5.73 Å². The molecule has 0 saturated carbocycles. The molecule has 0 aliphatic heterocycles. The van der Waals surface area contributed by atoms with E-state index in [2.05, 4.69) is 20.9 Å². The number of hydrogen-bond acceptors (Lipinski definition) is 3. The molecule has 1 aromatic rings. The van der Waals surface area contributed by atoms with Crippen LogP contribution in [-0.4, -0.2) is 16.1 Å². The monoisotopic (exact) mass is 230 g/mol. The highest BCUT2D eigenvalue weighted by atomic mass is 79.9. The van der Waals surface area contributed by atoms with E-state index in [4.69, 9.17) is 10.8 Å². The van der Waals surface area contributed by atoms with E-state index in [9.17, 15) is 4.79 Å². The highest BCUT2D eigenvalue weighted by Crippen LogP contribution is 2.13. The summed E-state index contributed by atoms with van der Waals surface area (Å²) in [5.74, 6) is -1.01. The SMILES string of the molecule is NCc1ncc(Br)cc1C(=O)O. The first kappa shape index (κ1) is 9.15. The van der Waals surface area contributed by atoms with Gasteiger partial charge in [0.15, 0.2) is 0 Å². The Morgan fingerprint density at radius 1 is 1.75 bits per heavy atom. The lowest BCUT2D eigenvalue weighted by atomic mass is 10.2. The number of halogens is 1. The Labute approximate surface area is 77.5 Å². The van der Waals surface area contributed by atoms with E-state index in [1.165, 1.54) is 12.3 Å². The number of nitrogens with two attached hydrogens (primary N) is 1. The Kier molecular flexibility index (Phi) is 2.78. The minimum absolute atomic E-state index is 0.134. The van der Waals surface area contributed by atoms with E-state index in [-0.39, 0.29) is 12.1 Å². The van der Waals surface area contributed by atoms with Crippen LogP contribution in [0.1, 0.15) is 16.1 Å². The van der Waals surface area contributed by atoms with E-state index < -0.39 is 5.97 Å². The number of hydrogen-bond donors (Lipinski definition) is 2. The maximum atomic E-state index is 10.6. The van der Waals surface area contributed by atoms with Crippen molar-refractivity contribution in [3.63, 3.8) is 0 Å². The van der Waals surface area contributed by atoms with Gasteiger partial charge in [0.1, 0.15) is 0 Å². The summed E-state index contributed by atoms with van der Waals surface area (Å²) in [6.45, 7) is 0.134. The van der Waals surface area contributed by atoms with E-state index in [0.717, 1.165) is 0 Å². The largest absolute Gasteiger partial charge is 0.478 e. The van der Waals surface area contributed by atoms with Crippen molar-refractivity contribution in [2.75, 3.05) is 0 Å². The van der Waals surface area contributed by atoms with Crippen LogP contribution in [0.3, 0.4) is 0 Å². The average molecular weight is 231 g/mol. The van der Waals surface area contributed by atoms with E-state index in [1.807, 2.05) is 0 Å². The van der Waals surface area contributed by atoms with Crippen LogP contribution in [0.4, 0.5) is 0 Å². The first-order chi connectivity index (χ1) is 5.65. The molecule has 0 atom stereocenters. The zero-order valence-electron chi connectivity index (χ0n) is 6.12. The van der Waals surface area contributed by atoms with Crippen LogP contribution in [0, 0.1) is 0 Å². The van der Waals surface area contributed by atoms with Gasteiger partial charge in [-0.2, -0.15) is 0 Å². The highest BCUT2D eigenvalue weighted by Gasteiger charge is 2.09. The predicted molar refractivity (Wildman–Crippen MR) is 46.8 cm³/mol. The maximum Gasteiger partial charge on any atom is 0.337 e. The summed E-state index contributed by atoms with van der Waals surface area (Å²) in [7, 11) is 0. The van der Waals surface area contributed by atoms with Crippen LogP contribution in [0.15, 0.2) is 16.7 Å². The molecule has 1 aromatic heterocycles. The van der Waals surface area contributed by atoms with Crippen molar-refractivity contribution in [3.8, 4) is 0 Å². The molecular weight excluding hydrogens is 224 g/mol. The van der Waals surface area contributed by atoms with E-state index in [1.54, 1.807) is 0 Å². The number of carboxylic acids is 1. The third-order valence-electron chi connectivity index (χ3n) is 1.36. The Morgan fingerprint density at radius 2 is 2.42 bits per heavy atom. The zero-order valence-corrected chi connectivity index (χ0v) is 7.71. The summed E-state index contributed by atoms with van der Waals surface area (Å²) < 4.78 is 0.636. The third-order valence-corrected chi connectivity index (χ3v) is 1.79. The van der Waals surface area contributed by atoms with Gasteiger partial charge in [0.25, 0.3) is 0 Å². The zero-order chi connectivity index (χ0) is 9.14. The number of pyridine rings is 1. The van der Waals surface area contributed by atoms with Crippen molar-refractivity contribution in [1.29, 1.82) is 0 Å². The van der Waals surface area contributed by atoms with E-state index >= 15 is 0 Å².